The molecule has 1 amide bonds. The number of ether oxygens (including phenoxy) is 1. The number of carbonyl (C=O) groups is 1. The predicted octanol–water partition coefficient (Wildman–Crippen LogP) is 2.13. The number of carbonyl (C=O) groups excluding carboxylic acids is 1. The van der Waals surface area contributed by atoms with Crippen LogP contribution in [0.5, 0.6) is 5.75 Å². The fourth-order valence-corrected chi connectivity index (χ4v) is 1.60. The van der Waals surface area contributed by atoms with Gasteiger partial charge in [-0.25, -0.2) is 0 Å². The lowest BCUT2D eigenvalue weighted by Crippen LogP contribution is -2.35. The van der Waals surface area contributed by atoms with Crippen molar-refractivity contribution >= 4 is 23.2 Å². The molecule has 6 heteroatoms. The van der Waals surface area contributed by atoms with E-state index in [-0.39, 0.29) is 18.5 Å². The molecule has 0 aliphatic carbocycles. The van der Waals surface area contributed by atoms with E-state index < -0.39 is 0 Å². The van der Waals surface area contributed by atoms with Gasteiger partial charge in [0, 0.05) is 5.02 Å². The van der Waals surface area contributed by atoms with Gasteiger partial charge in [-0.3, -0.25) is 9.69 Å². The molecule has 1 aromatic carbocycles. The Labute approximate surface area is 117 Å². The third kappa shape index (κ3) is 4.43. The first-order chi connectivity index (χ1) is 8.97. The minimum Gasteiger partial charge on any atom is -0.495 e. The summed E-state index contributed by atoms with van der Waals surface area (Å²) >= 11 is 5.88. The Balaban J connectivity index is 2.72. The van der Waals surface area contributed by atoms with Crippen LogP contribution in [0, 0.1) is 11.3 Å². The highest BCUT2D eigenvalue weighted by Crippen LogP contribution is 2.27. The van der Waals surface area contributed by atoms with E-state index in [0.717, 1.165) is 0 Å². The number of amides is 1. The zero-order valence-corrected chi connectivity index (χ0v) is 11.9. The van der Waals surface area contributed by atoms with Gasteiger partial charge in [-0.05, 0) is 32.2 Å². The molecule has 1 rings (SSSR count). The van der Waals surface area contributed by atoms with Gasteiger partial charge in [-0.2, -0.15) is 5.26 Å². The number of nitrogens with zero attached hydrogens (tertiary/aromatic N) is 2. The Morgan fingerprint density at radius 3 is 2.89 bits per heavy atom. The number of methoxy groups -OCH3 is 1. The second-order valence-electron chi connectivity index (χ2n) is 4.11. The van der Waals surface area contributed by atoms with E-state index in [1.165, 1.54) is 7.11 Å². The molecule has 0 saturated heterocycles. The average Bonchev–Trinajstić information content (AvgIpc) is 2.37. The van der Waals surface area contributed by atoms with Crippen LogP contribution in [0.1, 0.15) is 6.92 Å². The molecule has 0 bridgehead atoms. The van der Waals surface area contributed by atoms with Gasteiger partial charge in [0.2, 0.25) is 5.91 Å². The SMILES string of the molecule is COc1ccc(Cl)cc1NC(=O)CN(C)[C@H](C)C#N. The fraction of sp³-hybridized carbons (Fsp3) is 0.385. The number of hydrogen-bond acceptors (Lipinski definition) is 4. The van der Waals surface area contributed by atoms with Crippen molar-refractivity contribution in [2.45, 2.75) is 13.0 Å². The number of halogens is 1. The molecule has 0 spiro atoms. The second-order valence-corrected chi connectivity index (χ2v) is 4.55. The highest BCUT2D eigenvalue weighted by molar-refractivity contribution is 6.31. The van der Waals surface area contributed by atoms with E-state index in [1.807, 2.05) is 0 Å². The summed E-state index contributed by atoms with van der Waals surface area (Å²) in [4.78, 5) is 13.5. The molecule has 1 atom stereocenters. The maximum atomic E-state index is 11.9. The van der Waals surface area contributed by atoms with Gasteiger partial charge in [0.15, 0.2) is 0 Å². The van der Waals surface area contributed by atoms with Gasteiger partial charge in [0.05, 0.1) is 31.5 Å². The smallest absolute Gasteiger partial charge is 0.238 e. The number of benzene rings is 1. The molecular formula is C13H16ClN3O2. The average molecular weight is 282 g/mol. The van der Waals surface area contributed by atoms with Crippen LogP contribution in [-0.2, 0) is 4.79 Å². The monoisotopic (exact) mass is 281 g/mol. The van der Waals surface area contributed by atoms with Crippen LogP contribution in [0.15, 0.2) is 18.2 Å². The van der Waals surface area contributed by atoms with E-state index in [4.69, 9.17) is 21.6 Å². The molecule has 102 valence electrons. The molecule has 0 radical (unpaired) electrons. The standard InChI is InChI=1S/C13H16ClN3O2/c1-9(7-15)17(2)8-13(18)16-11-6-10(14)4-5-12(11)19-3/h4-6,9H,8H2,1-3H3,(H,16,18)/t9-/m1/s1. The van der Waals surface area contributed by atoms with Crippen LogP contribution >= 0.6 is 11.6 Å². The molecule has 1 N–H and O–H groups in total. The fourth-order valence-electron chi connectivity index (χ4n) is 1.43. The lowest BCUT2D eigenvalue weighted by Gasteiger charge is -2.18. The Kier molecular flexibility index (Phi) is 5.61. The number of hydrogen-bond donors (Lipinski definition) is 1. The molecule has 1 aromatic rings. The van der Waals surface area contributed by atoms with Crippen LogP contribution in [0.25, 0.3) is 0 Å². The molecule has 0 heterocycles. The quantitative estimate of drug-likeness (QED) is 0.898. The number of nitriles is 1. The van der Waals surface area contributed by atoms with Crippen molar-refractivity contribution in [2.24, 2.45) is 0 Å². The van der Waals surface area contributed by atoms with Crippen molar-refractivity contribution in [3.05, 3.63) is 23.2 Å². The first kappa shape index (κ1) is 15.3. The third-order valence-electron chi connectivity index (χ3n) is 2.68. The van der Waals surface area contributed by atoms with E-state index in [0.29, 0.717) is 16.5 Å². The van der Waals surface area contributed by atoms with Crippen molar-refractivity contribution in [2.75, 3.05) is 26.0 Å². The minimum atomic E-state index is -0.327. The number of anilines is 1. The van der Waals surface area contributed by atoms with E-state index >= 15 is 0 Å². The van der Waals surface area contributed by atoms with Crippen LogP contribution < -0.4 is 10.1 Å². The zero-order chi connectivity index (χ0) is 14.4. The molecular weight excluding hydrogens is 266 g/mol. The Bertz CT molecular complexity index is 499. The lowest BCUT2D eigenvalue weighted by molar-refractivity contribution is -0.117. The van der Waals surface area contributed by atoms with Crippen molar-refractivity contribution < 1.29 is 9.53 Å². The van der Waals surface area contributed by atoms with Gasteiger partial charge in [0.25, 0.3) is 0 Å². The first-order valence-corrected chi connectivity index (χ1v) is 6.09. The minimum absolute atomic E-state index is 0.115. The first-order valence-electron chi connectivity index (χ1n) is 5.71. The topological polar surface area (TPSA) is 65.4 Å². The highest BCUT2D eigenvalue weighted by atomic mass is 35.5. The zero-order valence-electron chi connectivity index (χ0n) is 11.1. The maximum absolute atomic E-state index is 11.9. The number of rotatable bonds is 5. The molecule has 0 saturated carbocycles. The summed E-state index contributed by atoms with van der Waals surface area (Å²) in [5.41, 5.74) is 0.512. The Hall–Kier alpha value is -1.77. The lowest BCUT2D eigenvalue weighted by atomic mass is 10.2. The number of likely N-dealkylation sites (N-methyl/N-ethyl adjacent to an activating group) is 1. The van der Waals surface area contributed by atoms with Crippen molar-refractivity contribution in [1.82, 2.24) is 4.90 Å². The third-order valence-corrected chi connectivity index (χ3v) is 2.91. The summed E-state index contributed by atoms with van der Waals surface area (Å²) in [6.07, 6.45) is 0. The molecule has 5 nitrogen and oxygen atoms in total. The second kappa shape index (κ2) is 6.98. The Morgan fingerprint density at radius 1 is 1.63 bits per heavy atom. The van der Waals surface area contributed by atoms with Crippen molar-refractivity contribution in [3.63, 3.8) is 0 Å². The van der Waals surface area contributed by atoms with E-state index in [2.05, 4.69) is 11.4 Å². The van der Waals surface area contributed by atoms with Crippen LogP contribution in [-0.4, -0.2) is 37.6 Å². The van der Waals surface area contributed by atoms with Gasteiger partial charge in [-0.15, -0.1) is 0 Å². The predicted molar refractivity (Wildman–Crippen MR) is 74.3 cm³/mol. The maximum Gasteiger partial charge on any atom is 0.238 e. The van der Waals surface area contributed by atoms with Crippen LogP contribution in [0.2, 0.25) is 5.02 Å². The normalized spacial score (nSPS) is 11.8. The highest BCUT2D eigenvalue weighted by Gasteiger charge is 2.14. The largest absolute Gasteiger partial charge is 0.495 e. The van der Waals surface area contributed by atoms with Crippen LogP contribution in [0.4, 0.5) is 5.69 Å². The summed E-state index contributed by atoms with van der Waals surface area (Å²) in [6.45, 7) is 1.84. The molecule has 0 unspecified atom stereocenters. The van der Waals surface area contributed by atoms with E-state index in [9.17, 15) is 4.79 Å². The molecule has 0 fully saturated rings. The Morgan fingerprint density at radius 2 is 2.32 bits per heavy atom. The molecule has 19 heavy (non-hydrogen) atoms. The summed E-state index contributed by atoms with van der Waals surface area (Å²) in [5, 5.41) is 12.0. The summed E-state index contributed by atoms with van der Waals surface area (Å²) in [7, 11) is 3.23. The van der Waals surface area contributed by atoms with Crippen molar-refractivity contribution in [1.29, 1.82) is 5.26 Å². The van der Waals surface area contributed by atoms with Gasteiger partial charge in [0.1, 0.15) is 5.75 Å². The van der Waals surface area contributed by atoms with Crippen molar-refractivity contribution in [3.8, 4) is 11.8 Å². The van der Waals surface area contributed by atoms with Gasteiger partial charge in [-0.1, -0.05) is 11.6 Å². The summed E-state index contributed by atoms with van der Waals surface area (Å²) < 4.78 is 5.14. The molecule has 0 aromatic heterocycles. The number of nitrogens with one attached hydrogen (secondary N) is 1. The summed E-state index contributed by atoms with van der Waals surface area (Å²) in [5.74, 6) is 0.305. The van der Waals surface area contributed by atoms with Crippen LogP contribution in [0.3, 0.4) is 0 Å². The van der Waals surface area contributed by atoms with E-state index in [1.54, 1.807) is 37.1 Å². The van der Waals surface area contributed by atoms with Gasteiger partial charge < -0.3 is 10.1 Å². The molecule has 0 aliphatic rings. The summed E-state index contributed by atoms with van der Waals surface area (Å²) in [6, 6.07) is 6.72. The molecule has 0 aliphatic heterocycles. The van der Waals surface area contributed by atoms with Gasteiger partial charge >= 0.3 is 0 Å².